The molecule has 0 aliphatic rings. The largest absolute Gasteiger partial charge is 0.469 e. The zero-order chi connectivity index (χ0) is 13.9. The molecule has 0 aromatic rings. The molecule has 0 amide bonds. The molecule has 5 nitrogen and oxygen atoms in total. The molecule has 1 N–H and O–H groups in total. The Kier molecular flexibility index (Phi) is 10.2. The van der Waals surface area contributed by atoms with Crippen molar-refractivity contribution in [3.8, 4) is 0 Å². The predicted octanol–water partition coefficient (Wildman–Crippen LogP) is 1.67. The van der Waals surface area contributed by atoms with Crippen LogP contribution in [-0.2, 0) is 18.4 Å². The van der Waals surface area contributed by atoms with E-state index in [1.807, 2.05) is 13.8 Å². The first-order chi connectivity index (χ1) is 8.58. The Bertz CT molecular complexity index is 220. The Morgan fingerprint density at radius 1 is 1.17 bits per heavy atom. The minimum Gasteiger partial charge on any atom is -0.469 e. The Morgan fingerprint density at radius 3 is 2.28 bits per heavy atom. The van der Waals surface area contributed by atoms with E-state index in [0.717, 1.165) is 19.0 Å². The summed E-state index contributed by atoms with van der Waals surface area (Å²) in [6, 6.07) is 0.972. The van der Waals surface area contributed by atoms with Crippen LogP contribution in [0.3, 0.4) is 0 Å². The molecular formula is C12H27NO4Si. The molecule has 0 saturated heterocycles. The SMILES string of the molecule is CCO[Si](C)(CCCNCCC(=O)OC)OCC. The molecule has 0 rings (SSSR count). The van der Waals surface area contributed by atoms with Gasteiger partial charge in [0, 0.05) is 19.8 Å². The van der Waals surface area contributed by atoms with E-state index >= 15 is 0 Å². The molecule has 0 aliphatic carbocycles. The first-order valence-corrected chi connectivity index (χ1v) is 9.15. The van der Waals surface area contributed by atoms with Crippen molar-refractivity contribution < 1.29 is 18.4 Å². The Morgan fingerprint density at radius 2 is 1.78 bits per heavy atom. The minimum absolute atomic E-state index is 0.176. The molecule has 0 saturated carbocycles. The summed E-state index contributed by atoms with van der Waals surface area (Å²) in [5.41, 5.74) is 0. The molecule has 0 spiro atoms. The molecule has 0 fully saturated rings. The molecule has 6 heteroatoms. The topological polar surface area (TPSA) is 56.8 Å². The zero-order valence-electron chi connectivity index (χ0n) is 12.1. The second-order valence-electron chi connectivity index (χ2n) is 4.18. The smallest absolute Gasteiger partial charge is 0.334 e. The normalized spacial score (nSPS) is 11.6. The van der Waals surface area contributed by atoms with Gasteiger partial charge in [-0.2, -0.15) is 0 Å². The highest BCUT2D eigenvalue weighted by Crippen LogP contribution is 2.15. The van der Waals surface area contributed by atoms with E-state index in [1.165, 1.54) is 7.11 Å². The number of ether oxygens (including phenoxy) is 1. The molecule has 0 atom stereocenters. The molecule has 0 aromatic carbocycles. The van der Waals surface area contributed by atoms with Crippen LogP contribution < -0.4 is 5.32 Å². The summed E-state index contributed by atoms with van der Waals surface area (Å²) in [6.45, 7) is 9.05. The average molecular weight is 277 g/mol. The second kappa shape index (κ2) is 10.5. The number of hydrogen-bond acceptors (Lipinski definition) is 5. The molecule has 18 heavy (non-hydrogen) atoms. The summed E-state index contributed by atoms with van der Waals surface area (Å²) in [5.74, 6) is -0.176. The predicted molar refractivity (Wildman–Crippen MR) is 73.8 cm³/mol. The number of esters is 1. The van der Waals surface area contributed by atoms with Crippen LogP contribution in [0.5, 0.6) is 0 Å². The van der Waals surface area contributed by atoms with Gasteiger partial charge in [-0.25, -0.2) is 0 Å². The van der Waals surface area contributed by atoms with Crippen molar-refractivity contribution in [3.05, 3.63) is 0 Å². The van der Waals surface area contributed by atoms with Gasteiger partial charge in [-0.1, -0.05) is 0 Å². The summed E-state index contributed by atoms with van der Waals surface area (Å²) < 4.78 is 16.1. The third-order valence-electron chi connectivity index (χ3n) is 2.62. The summed E-state index contributed by atoms with van der Waals surface area (Å²) in [5, 5.41) is 3.22. The lowest BCUT2D eigenvalue weighted by Gasteiger charge is -2.25. The molecule has 0 aromatic heterocycles. The van der Waals surface area contributed by atoms with Crippen LogP contribution in [-0.4, -0.2) is 47.9 Å². The average Bonchev–Trinajstić information content (AvgIpc) is 2.33. The number of nitrogens with one attached hydrogen (secondary N) is 1. The van der Waals surface area contributed by atoms with E-state index in [0.29, 0.717) is 26.2 Å². The maximum Gasteiger partial charge on any atom is 0.334 e. The highest BCUT2D eigenvalue weighted by molar-refractivity contribution is 6.66. The molecule has 108 valence electrons. The van der Waals surface area contributed by atoms with Crippen molar-refractivity contribution in [1.29, 1.82) is 0 Å². The van der Waals surface area contributed by atoms with Gasteiger partial charge in [0.1, 0.15) is 0 Å². The van der Waals surface area contributed by atoms with Crippen molar-refractivity contribution in [2.45, 2.75) is 39.3 Å². The van der Waals surface area contributed by atoms with Gasteiger partial charge in [-0.3, -0.25) is 4.79 Å². The van der Waals surface area contributed by atoms with Gasteiger partial charge < -0.3 is 18.9 Å². The van der Waals surface area contributed by atoms with E-state index in [1.54, 1.807) is 0 Å². The molecule has 0 unspecified atom stereocenters. The molecular weight excluding hydrogens is 250 g/mol. The maximum atomic E-state index is 10.9. The monoisotopic (exact) mass is 277 g/mol. The van der Waals surface area contributed by atoms with Gasteiger partial charge in [0.15, 0.2) is 0 Å². The Balaban J connectivity index is 3.64. The highest BCUT2D eigenvalue weighted by Gasteiger charge is 2.29. The Labute approximate surface area is 111 Å². The molecule has 0 radical (unpaired) electrons. The van der Waals surface area contributed by atoms with Crippen LogP contribution in [0.25, 0.3) is 0 Å². The number of rotatable bonds is 11. The maximum absolute atomic E-state index is 10.9. The van der Waals surface area contributed by atoms with Crippen LogP contribution >= 0.6 is 0 Å². The van der Waals surface area contributed by atoms with E-state index in [9.17, 15) is 4.79 Å². The highest BCUT2D eigenvalue weighted by atomic mass is 28.4. The van der Waals surface area contributed by atoms with Crippen molar-refractivity contribution in [2.75, 3.05) is 33.4 Å². The van der Waals surface area contributed by atoms with Gasteiger partial charge in [-0.15, -0.1) is 0 Å². The lowest BCUT2D eigenvalue weighted by molar-refractivity contribution is -0.140. The lowest BCUT2D eigenvalue weighted by atomic mass is 10.4. The van der Waals surface area contributed by atoms with E-state index < -0.39 is 8.56 Å². The second-order valence-corrected chi connectivity index (χ2v) is 7.52. The number of hydrogen-bond donors (Lipinski definition) is 1. The molecule has 0 heterocycles. The van der Waals surface area contributed by atoms with Crippen molar-refractivity contribution in [3.63, 3.8) is 0 Å². The first-order valence-electron chi connectivity index (χ1n) is 6.63. The van der Waals surface area contributed by atoms with Crippen LogP contribution in [0.15, 0.2) is 0 Å². The van der Waals surface area contributed by atoms with Crippen LogP contribution in [0.1, 0.15) is 26.7 Å². The van der Waals surface area contributed by atoms with E-state index in [4.69, 9.17) is 8.85 Å². The fraction of sp³-hybridized carbons (Fsp3) is 0.917. The summed E-state index contributed by atoms with van der Waals surface area (Å²) in [6.07, 6.45) is 1.42. The van der Waals surface area contributed by atoms with E-state index in [-0.39, 0.29) is 5.97 Å². The number of carbonyl (C=O) groups excluding carboxylic acids is 1. The van der Waals surface area contributed by atoms with E-state index in [2.05, 4.69) is 16.6 Å². The third-order valence-corrected chi connectivity index (χ3v) is 5.68. The van der Waals surface area contributed by atoms with Crippen LogP contribution in [0.4, 0.5) is 0 Å². The third kappa shape index (κ3) is 8.63. The number of carbonyl (C=O) groups is 1. The fourth-order valence-electron chi connectivity index (χ4n) is 1.75. The summed E-state index contributed by atoms with van der Waals surface area (Å²) in [7, 11) is -0.564. The minimum atomic E-state index is -1.97. The zero-order valence-corrected chi connectivity index (χ0v) is 13.1. The van der Waals surface area contributed by atoms with Crippen molar-refractivity contribution in [2.24, 2.45) is 0 Å². The van der Waals surface area contributed by atoms with Gasteiger partial charge in [0.25, 0.3) is 0 Å². The van der Waals surface area contributed by atoms with Crippen molar-refractivity contribution in [1.82, 2.24) is 5.32 Å². The van der Waals surface area contributed by atoms with Gasteiger partial charge in [-0.05, 0) is 39.4 Å². The fourth-order valence-corrected chi connectivity index (χ4v) is 4.16. The standard InChI is InChI=1S/C12H27NO4Si/c1-5-16-18(4,17-6-2)11-7-9-13-10-8-12(14)15-3/h13H,5-11H2,1-4H3. The van der Waals surface area contributed by atoms with Crippen LogP contribution in [0, 0.1) is 0 Å². The lowest BCUT2D eigenvalue weighted by Crippen LogP contribution is -2.39. The molecule has 0 bridgehead atoms. The van der Waals surface area contributed by atoms with Crippen molar-refractivity contribution >= 4 is 14.5 Å². The quantitative estimate of drug-likeness (QED) is 0.354. The van der Waals surface area contributed by atoms with Gasteiger partial charge in [0.05, 0.1) is 13.5 Å². The number of methoxy groups -OCH3 is 1. The summed E-state index contributed by atoms with van der Waals surface area (Å²) in [4.78, 5) is 10.9. The first kappa shape index (κ1) is 17.6. The summed E-state index contributed by atoms with van der Waals surface area (Å²) >= 11 is 0. The van der Waals surface area contributed by atoms with Gasteiger partial charge >= 0.3 is 14.5 Å². The van der Waals surface area contributed by atoms with Gasteiger partial charge in [0.2, 0.25) is 0 Å². The van der Waals surface area contributed by atoms with Crippen LogP contribution in [0.2, 0.25) is 12.6 Å². The Hall–Kier alpha value is -0.433. The molecule has 0 aliphatic heterocycles.